The Kier molecular flexibility index (Phi) is 3.33. The number of furan rings is 1. The van der Waals surface area contributed by atoms with E-state index < -0.39 is 0 Å². The first kappa shape index (κ1) is 12.2. The van der Waals surface area contributed by atoms with Crippen molar-refractivity contribution in [1.82, 2.24) is 15.5 Å². The summed E-state index contributed by atoms with van der Waals surface area (Å²) in [6.07, 6.45) is 4.72. The first-order valence-corrected chi connectivity index (χ1v) is 6.22. The van der Waals surface area contributed by atoms with E-state index >= 15 is 0 Å². The first-order valence-electron chi connectivity index (χ1n) is 6.22. The van der Waals surface area contributed by atoms with Crippen LogP contribution in [0.5, 0.6) is 0 Å². The van der Waals surface area contributed by atoms with Crippen molar-refractivity contribution in [3.8, 4) is 11.3 Å². The molecule has 1 amide bonds. The molecule has 0 radical (unpaired) electrons. The molecule has 2 heterocycles. The van der Waals surface area contributed by atoms with E-state index in [0.717, 1.165) is 16.8 Å². The van der Waals surface area contributed by atoms with Gasteiger partial charge in [0.2, 0.25) is 0 Å². The highest BCUT2D eigenvalue weighted by Crippen LogP contribution is 2.20. The van der Waals surface area contributed by atoms with E-state index in [4.69, 9.17) is 4.42 Å². The van der Waals surface area contributed by atoms with E-state index in [9.17, 15) is 4.79 Å². The minimum atomic E-state index is -0.168. The van der Waals surface area contributed by atoms with Crippen molar-refractivity contribution in [1.29, 1.82) is 0 Å². The number of nitrogens with zero attached hydrogens (tertiary/aromatic N) is 1. The van der Waals surface area contributed by atoms with Crippen molar-refractivity contribution in [3.63, 3.8) is 0 Å². The van der Waals surface area contributed by atoms with Gasteiger partial charge in [0.05, 0.1) is 30.0 Å². The van der Waals surface area contributed by atoms with E-state index in [1.54, 1.807) is 12.5 Å². The van der Waals surface area contributed by atoms with Crippen molar-refractivity contribution in [3.05, 3.63) is 66.2 Å². The van der Waals surface area contributed by atoms with Gasteiger partial charge >= 0.3 is 0 Å². The summed E-state index contributed by atoms with van der Waals surface area (Å²) in [6.45, 7) is 0.425. The van der Waals surface area contributed by atoms with Gasteiger partial charge in [-0.15, -0.1) is 0 Å². The van der Waals surface area contributed by atoms with Gasteiger partial charge in [0.25, 0.3) is 5.91 Å². The molecule has 3 rings (SSSR count). The van der Waals surface area contributed by atoms with Gasteiger partial charge in [0, 0.05) is 17.7 Å². The molecule has 0 aliphatic heterocycles. The van der Waals surface area contributed by atoms with Crippen molar-refractivity contribution in [2.75, 3.05) is 0 Å². The average Bonchev–Trinajstić information content (AvgIpc) is 3.17. The molecule has 0 saturated carbocycles. The topological polar surface area (TPSA) is 70.9 Å². The maximum Gasteiger partial charge on any atom is 0.255 e. The molecule has 0 bridgehead atoms. The second-order valence-corrected chi connectivity index (χ2v) is 4.34. The second-order valence-electron chi connectivity index (χ2n) is 4.34. The highest BCUT2D eigenvalue weighted by Gasteiger charge is 2.14. The molecule has 20 heavy (non-hydrogen) atoms. The molecular formula is C15H13N3O2. The number of H-pyrrole nitrogens is 1. The molecule has 0 aliphatic carbocycles. The fourth-order valence-corrected chi connectivity index (χ4v) is 1.95. The fourth-order valence-electron chi connectivity index (χ4n) is 1.95. The molecule has 0 atom stereocenters. The smallest absolute Gasteiger partial charge is 0.255 e. The van der Waals surface area contributed by atoms with Gasteiger partial charge in [0.1, 0.15) is 0 Å². The SMILES string of the molecule is O=C(NCc1ccoc1)c1cn[nH]c1-c1ccccc1. The van der Waals surface area contributed by atoms with Crippen molar-refractivity contribution in [2.24, 2.45) is 0 Å². The quantitative estimate of drug-likeness (QED) is 0.763. The van der Waals surface area contributed by atoms with Gasteiger partial charge in [-0.25, -0.2) is 0 Å². The molecule has 1 aromatic carbocycles. The Morgan fingerprint density at radius 2 is 2.10 bits per heavy atom. The number of hydrogen-bond acceptors (Lipinski definition) is 3. The van der Waals surface area contributed by atoms with Gasteiger partial charge in [0.15, 0.2) is 0 Å². The number of hydrogen-bond donors (Lipinski definition) is 2. The molecule has 0 saturated heterocycles. The Bertz CT molecular complexity index is 687. The van der Waals surface area contributed by atoms with Crippen molar-refractivity contribution < 1.29 is 9.21 Å². The maximum absolute atomic E-state index is 12.2. The summed E-state index contributed by atoms with van der Waals surface area (Å²) in [7, 11) is 0. The standard InChI is InChI=1S/C15H13N3O2/c19-15(16-8-11-6-7-20-10-11)13-9-17-18-14(13)12-4-2-1-3-5-12/h1-7,9-10H,8H2,(H,16,19)(H,17,18). The number of carbonyl (C=O) groups is 1. The number of rotatable bonds is 4. The van der Waals surface area contributed by atoms with Gasteiger partial charge in [-0.2, -0.15) is 5.10 Å². The summed E-state index contributed by atoms with van der Waals surface area (Å²) in [5, 5.41) is 9.67. The Balaban J connectivity index is 1.77. The summed E-state index contributed by atoms with van der Waals surface area (Å²) in [5.41, 5.74) is 3.09. The molecule has 2 aromatic heterocycles. The van der Waals surface area contributed by atoms with Crippen LogP contribution in [0.25, 0.3) is 11.3 Å². The third kappa shape index (κ3) is 2.47. The average molecular weight is 267 g/mol. The van der Waals surface area contributed by atoms with Gasteiger partial charge < -0.3 is 9.73 Å². The summed E-state index contributed by atoms with van der Waals surface area (Å²) < 4.78 is 4.96. The zero-order chi connectivity index (χ0) is 13.8. The lowest BCUT2D eigenvalue weighted by molar-refractivity contribution is 0.0951. The number of amides is 1. The first-order chi connectivity index (χ1) is 9.84. The Hall–Kier alpha value is -2.82. The number of benzene rings is 1. The Morgan fingerprint density at radius 3 is 2.85 bits per heavy atom. The molecule has 0 unspecified atom stereocenters. The predicted octanol–water partition coefficient (Wildman–Crippen LogP) is 2.60. The highest BCUT2D eigenvalue weighted by atomic mass is 16.3. The molecule has 100 valence electrons. The molecular weight excluding hydrogens is 254 g/mol. The third-order valence-corrected chi connectivity index (χ3v) is 2.98. The van der Waals surface area contributed by atoms with Gasteiger partial charge in [-0.1, -0.05) is 30.3 Å². The van der Waals surface area contributed by atoms with Crippen LogP contribution < -0.4 is 5.32 Å². The Labute approximate surface area is 115 Å². The van der Waals surface area contributed by atoms with Crippen molar-refractivity contribution in [2.45, 2.75) is 6.54 Å². The van der Waals surface area contributed by atoms with Crippen molar-refractivity contribution >= 4 is 5.91 Å². The number of aromatic amines is 1. The summed E-state index contributed by atoms with van der Waals surface area (Å²) in [6, 6.07) is 11.4. The number of carbonyl (C=O) groups excluding carboxylic acids is 1. The van der Waals surface area contributed by atoms with E-state index in [0.29, 0.717) is 12.1 Å². The zero-order valence-electron chi connectivity index (χ0n) is 10.7. The van der Waals surface area contributed by atoms with Crippen LogP contribution in [0, 0.1) is 0 Å². The lowest BCUT2D eigenvalue weighted by Crippen LogP contribution is -2.22. The minimum Gasteiger partial charge on any atom is -0.472 e. The summed E-state index contributed by atoms with van der Waals surface area (Å²) in [5.74, 6) is -0.168. The minimum absolute atomic E-state index is 0.168. The van der Waals surface area contributed by atoms with E-state index in [-0.39, 0.29) is 5.91 Å². The predicted molar refractivity (Wildman–Crippen MR) is 73.9 cm³/mol. The number of aromatic nitrogens is 2. The van der Waals surface area contributed by atoms with Crippen LogP contribution in [0.15, 0.2) is 59.5 Å². The normalized spacial score (nSPS) is 10.4. The van der Waals surface area contributed by atoms with Crippen LogP contribution in [-0.2, 0) is 6.54 Å². The molecule has 0 spiro atoms. The van der Waals surface area contributed by atoms with Crippen LogP contribution in [0.4, 0.5) is 0 Å². The fraction of sp³-hybridized carbons (Fsp3) is 0.0667. The number of nitrogens with one attached hydrogen (secondary N) is 2. The van der Waals surface area contributed by atoms with E-state index in [1.807, 2.05) is 36.4 Å². The zero-order valence-corrected chi connectivity index (χ0v) is 10.7. The van der Waals surface area contributed by atoms with Crippen LogP contribution in [0.2, 0.25) is 0 Å². The second kappa shape index (κ2) is 5.44. The molecule has 0 aliphatic rings. The van der Waals surface area contributed by atoms with E-state index in [2.05, 4.69) is 15.5 Å². The Morgan fingerprint density at radius 1 is 1.25 bits per heavy atom. The summed E-state index contributed by atoms with van der Waals surface area (Å²) >= 11 is 0. The summed E-state index contributed by atoms with van der Waals surface area (Å²) in [4.78, 5) is 12.2. The molecule has 5 heteroatoms. The van der Waals surface area contributed by atoms with Crippen LogP contribution >= 0.6 is 0 Å². The molecule has 0 fully saturated rings. The van der Waals surface area contributed by atoms with Gasteiger partial charge in [-0.05, 0) is 6.07 Å². The largest absolute Gasteiger partial charge is 0.472 e. The van der Waals surface area contributed by atoms with E-state index in [1.165, 1.54) is 6.20 Å². The maximum atomic E-state index is 12.2. The monoisotopic (exact) mass is 267 g/mol. The molecule has 2 N–H and O–H groups in total. The lowest BCUT2D eigenvalue weighted by atomic mass is 10.1. The third-order valence-electron chi connectivity index (χ3n) is 2.98. The highest BCUT2D eigenvalue weighted by molar-refractivity contribution is 5.99. The lowest BCUT2D eigenvalue weighted by Gasteiger charge is -2.04. The molecule has 3 aromatic rings. The molecule has 5 nitrogen and oxygen atoms in total. The van der Waals surface area contributed by atoms with Crippen LogP contribution in [0.3, 0.4) is 0 Å². The van der Waals surface area contributed by atoms with Gasteiger partial charge in [-0.3, -0.25) is 9.89 Å². The van der Waals surface area contributed by atoms with Crippen LogP contribution in [-0.4, -0.2) is 16.1 Å². The van der Waals surface area contributed by atoms with Crippen LogP contribution in [0.1, 0.15) is 15.9 Å².